The van der Waals surface area contributed by atoms with Gasteiger partial charge in [-0.05, 0) is 39.7 Å². The number of fused-ring (bicyclic) bond motifs is 1. The molecule has 0 atom stereocenters. The Balaban J connectivity index is 1.58. The molecule has 0 fully saturated rings. The summed E-state index contributed by atoms with van der Waals surface area (Å²) in [5.41, 5.74) is 3.90. The minimum Gasteiger partial charge on any atom is -0.271 e. The van der Waals surface area contributed by atoms with Crippen LogP contribution in [0.15, 0.2) is 64.2 Å². The van der Waals surface area contributed by atoms with Crippen LogP contribution in [0.4, 0.5) is 0 Å². The lowest BCUT2D eigenvalue weighted by molar-refractivity contribution is -0.121. The maximum absolute atomic E-state index is 12.2. The Labute approximate surface area is 158 Å². The van der Waals surface area contributed by atoms with Gasteiger partial charge in [0.25, 0.3) is 17.7 Å². The Bertz CT molecular complexity index is 888. The molecule has 0 aromatic heterocycles. The van der Waals surface area contributed by atoms with Crippen LogP contribution < -0.4 is 5.43 Å². The molecule has 2 aromatic rings. The number of nitrogens with one attached hydrogen (secondary N) is 1. The number of hydrogen-bond donors (Lipinski definition) is 1. The summed E-state index contributed by atoms with van der Waals surface area (Å²) in [5.74, 6) is -1.51. The molecule has 6 nitrogen and oxygen atoms in total. The van der Waals surface area contributed by atoms with Gasteiger partial charge in [0, 0.05) is 4.48 Å². The lowest BCUT2D eigenvalue weighted by atomic mass is 10.1. The Morgan fingerprint density at radius 3 is 2.19 bits per heavy atom. The van der Waals surface area contributed by atoms with E-state index in [-0.39, 0.29) is 6.54 Å². The van der Waals surface area contributed by atoms with E-state index in [0.717, 1.165) is 10.5 Å². The zero-order valence-electron chi connectivity index (χ0n) is 13.6. The first-order valence-corrected chi connectivity index (χ1v) is 8.55. The van der Waals surface area contributed by atoms with E-state index in [4.69, 9.17) is 0 Å². The van der Waals surface area contributed by atoms with Gasteiger partial charge >= 0.3 is 0 Å². The molecule has 3 amide bonds. The highest BCUT2D eigenvalue weighted by Crippen LogP contribution is 2.21. The normalized spacial score (nSPS) is 14.0. The van der Waals surface area contributed by atoms with E-state index in [1.54, 1.807) is 24.3 Å². The van der Waals surface area contributed by atoms with Gasteiger partial charge in [-0.2, -0.15) is 5.10 Å². The second kappa shape index (κ2) is 7.88. The van der Waals surface area contributed by atoms with Crippen molar-refractivity contribution in [3.63, 3.8) is 0 Å². The largest absolute Gasteiger partial charge is 0.271 e. The van der Waals surface area contributed by atoms with Crippen molar-refractivity contribution in [2.45, 2.75) is 0 Å². The van der Waals surface area contributed by atoms with Crippen molar-refractivity contribution in [1.82, 2.24) is 10.3 Å². The predicted octanol–water partition coefficient (Wildman–Crippen LogP) is 2.82. The smallest absolute Gasteiger partial charge is 0.262 e. The first-order chi connectivity index (χ1) is 12.6. The van der Waals surface area contributed by atoms with Crippen molar-refractivity contribution in [3.05, 3.63) is 75.8 Å². The molecule has 1 N–H and O–H groups in total. The molecule has 130 valence electrons. The van der Waals surface area contributed by atoms with E-state index in [1.165, 1.54) is 6.21 Å². The average molecular weight is 412 g/mol. The first kappa shape index (κ1) is 17.8. The number of imide groups is 1. The minimum atomic E-state index is -0.559. The van der Waals surface area contributed by atoms with E-state index < -0.39 is 17.7 Å². The Morgan fingerprint density at radius 2 is 1.58 bits per heavy atom. The number of hydrazone groups is 1. The average Bonchev–Trinajstić information content (AvgIpc) is 2.88. The van der Waals surface area contributed by atoms with Crippen molar-refractivity contribution in [2.75, 3.05) is 6.54 Å². The fourth-order valence-corrected chi connectivity index (χ4v) is 2.84. The molecule has 0 aliphatic carbocycles. The van der Waals surface area contributed by atoms with E-state index >= 15 is 0 Å². The second-order valence-electron chi connectivity index (χ2n) is 5.48. The molecule has 1 aliphatic rings. The maximum Gasteiger partial charge on any atom is 0.262 e. The van der Waals surface area contributed by atoms with E-state index in [0.29, 0.717) is 15.6 Å². The highest BCUT2D eigenvalue weighted by atomic mass is 79.9. The number of rotatable bonds is 5. The van der Waals surface area contributed by atoms with Crippen molar-refractivity contribution in [2.24, 2.45) is 5.10 Å². The third-order valence-electron chi connectivity index (χ3n) is 3.66. The topological polar surface area (TPSA) is 78.8 Å². The van der Waals surface area contributed by atoms with E-state index in [1.807, 2.05) is 36.4 Å². The molecule has 0 saturated carbocycles. The predicted molar refractivity (Wildman–Crippen MR) is 102 cm³/mol. The zero-order valence-corrected chi connectivity index (χ0v) is 15.1. The van der Waals surface area contributed by atoms with Crippen molar-refractivity contribution < 1.29 is 14.4 Å². The van der Waals surface area contributed by atoms with Gasteiger partial charge in [-0.25, -0.2) is 5.43 Å². The summed E-state index contributed by atoms with van der Waals surface area (Å²) in [5, 5.41) is 3.82. The first-order valence-electron chi connectivity index (χ1n) is 7.75. The highest BCUT2D eigenvalue weighted by molar-refractivity contribution is 9.12. The number of carbonyl (C=O) groups excluding carboxylic acids is 3. The van der Waals surface area contributed by atoms with Gasteiger partial charge in [-0.3, -0.25) is 19.3 Å². The van der Waals surface area contributed by atoms with Gasteiger partial charge in [-0.1, -0.05) is 42.5 Å². The van der Waals surface area contributed by atoms with Crippen molar-refractivity contribution in [1.29, 1.82) is 0 Å². The number of amides is 3. The third kappa shape index (κ3) is 3.94. The lowest BCUT2D eigenvalue weighted by Gasteiger charge is -2.11. The maximum atomic E-state index is 12.2. The molecular formula is C19H14BrN3O3. The number of allylic oxidation sites excluding steroid dienone is 1. The van der Waals surface area contributed by atoms with Gasteiger partial charge in [0.1, 0.15) is 6.54 Å². The van der Waals surface area contributed by atoms with Gasteiger partial charge in [0.2, 0.25) is 0 Å². The summed E-state index contributed by atoms with van der Waals surface area (Å²) in [6.07, 6.45) is 3.26. The molecule has 1 aliphatic heterocycles. The van der Waals surface area contributed by atoms with Crippen LogP contribution in [-0.4, -0.2) is 35.4 Å². The molecule has 26 heavy (non-hydrogen) atoms. The number of halogens is 1. The van der Waals surface area contributed by atoms with E-state index in [2.05, 4.69) is 26.5 Å². The van der Waals surface area contributed by atoms with Crippen LogP contribution in [0, 0.1) is 0 Å². The summed E-state index contributed by atoms with van der Waals surface area (Å²) >= 11 is 3.33. The molecule has 7 heteroatoms. The van der Waals surface area contributed by atoms with Crippen LogP contribution in [0.1, 0.15) is 26.3 Å². The SMILES string of the molecule is O=C(CN1C(=O)c2ccccc2C1=O)N/N=C\C(Br)=C\c1ccccc1. The fourth-order valence-electron chi connectivity index (χ4n) is 2.47. The van der Waals surface area contributed by atoms with Gasteiger partial charge in [0.05, 0.1) is 17.3 Å². The summed E-state index contributed by atoms with van der Waals surface area (Å²) in [4.78, 5) is 37.3. The summed E-state index contributed by atoms with van der Waals surface area (Å²) < 4.78 is 0.657. The van der Waals surface area contributed by atoms with Gasteiger partial charge in [-0.15, -0.1) is 0 Å². The number of nitrogens with zero attached hydrogens (tertiary/aromatic N) is 2. The van der Waals surface area contributed by atoms with Crippen LogP contribution in [0.2, 0.25) is 0 Å². The minimum absolute atomic E-state index is 0.308. The quantitative estimate of drug-likeness (QED) is 0.466. The van der Waals surface area contributed by atoms with Crippen LogP contribution >= 0.6 is 15.9 Å². The van der Waals surface area contributed by atoms with Crippen molar-refractivity contribution in [3.8, 4) is 0 Å². The molecule has 3 rings (SSSR count). The lowest BCUT2D eigenvalue weighted by Crippen LogP contribution is -2.38. The highest BCUT2D eigenvalue weighted by Gasteiger charge is 2.36. The van der Waals surface area contributed by atoms with Crippen molar-refractivity contribution >= 4 is 45.9 Å². The molecule has 0 bridgehead atoms. The monoisotopic (exact) mass is 411 g/mol. The number of hydrogen-bond acceptors (Lipinski definition) is 4. The summed E-state index contributed by atoms with van der Waals surface area (Å²) in [6.45, 7) is -0.385. The van der Waals surface area contributed by atoms with Crippen LogP contribution in [0.3, 0.4) is 0 Å². The fraction of sp³-hybridized carbons (Fsp3) is 0.0526. The Kier molecular flexibility index (Phi) is 5.38. The third-order valence-corrected chi connectivity index (χ3v) is 4.09. The summed E-state index contributed by atoms with van der Waals surface area (Å²) in [6, 6.07) is 16.1. The molecule has 0 saturated heterocycles. The second-order valence-corrected chi connectivity index (χ2v) is 6.39. The zero-order chi connectivity index (χ0) is 18.5. The number of benzene rings is 2. The van der Waals surface area contributed by atoms with Crippen LogP contribution in [0.5, 0.6) is 0 Å². The van der Waals surface area contributed by atoms with E-state index in [9.17, 15) is 14.4 Å². The van der Waals surface area contributed by atoms with Gasteiger partial charge < -0.3 is 0 Å². The molecule has 0 unspecified atom stereocenters. The molecule has 2 aromatic carbocycles. The molecular weight excluding hydrogens is 398 g/mol. The Morgan fingerprint density at radius 1 is 1.00 bits per heavy atom. The molecule has 0 spiro atoms. The molecule has 0 radical (unpaired) electrons. The van der Waals surface area contributed by atoms with Gasteiger partial charge in [0.15, 0.2) is 0 Å². The summed E-state index contributed by atoms with van der Waals surface area (Å²) in [7, 11) is 0. The molecule has 1 heterocycles. The Hall–Kier alpha value is -3.06. The van der Waals surface area contributed by atoms with Crippen LogP contribution in [-0.2, 0) is 4.79 Å². The standard InChI is InChI=1S/C19H14BrN3O3/c20-14(10-13-6-2-1-3-7-13)11-21-22-17(24)12-23-18(25)15-8-4-5-9-16(15)19(23)26/h1-11H,12H2,(H,22,24)/b14-10-,21-11-. The van der Waals surface area contributed by atoms with Crippen LogP contribution in [0.25, 0.3) is 6.08 Å². The number of carbonyl (C=O) groups is 3.